The molecule has 8 nitrogen and oxygen atoms in total. The lowest BCUT2D eigenvalue weighted by Crippen LogP contribution is -2.40. The second kappa shape index (κ2) is 6.64. The Balaban J connectivity index is 1.66. The van der Waals surface area contributed by atoms with Crippen LogP contribution >= 0.6 is 0 Å². The Morgan fingerprint density at radius 3 is 2.93 bits per heavy atom. The average Bonchev–Trinajstić information content (AvgIpc) is 3.23. The standard InChI is InChI=1S/C18H20FN5O3/c1-10-14(11(2)27-22-10)9-24-15-5-12(6-20-17(15)21-7-16(24)25)18(26)23-4-3-13(19)8-23/h5-6,13H,3-4,7-9H2,1-2H3,(H,20,21)/t13-/m1/s1. The van der Waals surface area contributed by atoms with E-state index in [1.54, 1.807) is 17.9 Å². The van der Waals surface area contributed by atoms with Gasteiger partial charge in [0.15, 0.2) is 5.82 Å². The number of amides is 2. The van der Waals surface area contributed by atoms with Crippen molar-refractivity contribution in [2.45, 2.75) is 33.0 Å². The number of pyridine rings is 1. The first-order valence-electron chi connectivity index (χ1n) is 8.83. The summed E-state index contributed by atoms with van der Waals surface area (Å²) in [5.41, 5.74) is 2.40. The van der Waals surface area contributed by atoms with Crippen LogP contribution in [0.4, 0.5) is 15.9 Å². The number of anilines is 2. The first-order chi connectivity index (χ1) is 12.9. The summed E-state index contributed by atoms with van der Waals surface area (Å²) in [6, 6.07) is 1.64. The number of halogens is 1. The summed E-state index contributed by atoms with van der Waals surface area (Å²) in [6.45, 7) is 4.49. The Kier molecular flexibility index (Phi) is 4.29. The van der Waals surface area contributed by atoms with E-state index in [4.69, 9.17) is 4.52 Å². The van der Waals surface area contributed by atoms with Gasteiger partial charge in [0.2, 0.25) is 5.91 Å². The van der Waals surface area contributed by atoms with Crippen molar-refractivity contribution in [3.05, 3.63) is 34.8 Å². The molecule has 2 aromatic rings. The Labute approximate surface area is 155 Å². The van der Waals surface area contributed by atoms with Crippen molar-refractivity contribution < 1.29 is 18.5 Å². The molecule has 1 fully saturated rings. The van der Waals surface area contributed by atoms with E-state index in [1.807, 2.05) is 6.92 Å². The lowest BCUT2D eigenvalue weighted by molar-refractivity contribution is -0.117. The highest BCUT2D eigenvalue weighted by molar-refractivity contribution is 6.04. The second-order valence-corrected chi connectivity index (χ2v) is 6.87. The molecule has 0 saturated carbocycles. The normalized spacial score (nSPS) is 19.2. The lowest BCUT2D eigenvalue weighted by Gasteiger charge is -2.30. The first kappa shape index (κ1) is 17.4. The molecule has 1 N–H and O–H groups in total. The topological polar surface area (TPSA) is 91.6 Å². The number of carbonyl (C=O) groups is 2. The lowest BCUT2D eigenvalue weighted by atomic mass is 10.1. The molecule has 4 heterocycles. The summed E-state index contributed by atoms with van der Waals surface area (Å²) < 4.78 is 18.6. The number of hydrogen-bond acceptors (Lipinski definition) is 6. The van der Waals surface area contributed by atoms with Crippen molar-refractivity contribution in [3.63, 3.8) is 0 Å². The van der Waals surface area contributed by atoms with Crippen molar-refractivity contribution in [2.24, 2.45) is 0 Å². The highest BCUT2D eigenvalue weighted by Gasteiger charge is 2.30. The summed E-state index contributed by atoms with van der Waals surface area (Å²) in [5, 5.41) is 6.89. The monoisotopic (exact) mass is 373 g/mol. The number of nitrogens with zero attached hydrogens (tertiary/aromatic N) is 4. The van der Waals surface area contributed by atoms with Gasteiger partial charge in [-0.25, -0.2) is 9.37 Å². The quantitative estimate of drug-likeness (QED) is 0.883. The van der Waals surface area contributed by atoms with Crippen LogP contribution in [-0.4, -0.2) is 52.7 Å². The van der Waals surface area contributed by atoms with Gasteiger partial charge in [-0.05, 0) is 26.3 Å². The summed E-state index contributed by atoms with van der Waals surface area (Å²) in [7, 11) is 0. The highest BCUT2D eigenvalue weighted by Crippen LogP contribution is 2.31. The van der Waals surface area contributed by atoms with Crippen LogP contribution < -0.4 is 10.2 Å². The van der Waals surface area contributed by atoms with E-state index in [9.17, 15) is 14.0 Å². The number of nitrogens with one attached hydrogen (secondary N) is 1. The summed E-state index contributed by atoms with van der Waals surface area (Å²) in [4.78, 5) is 32.5. The Morgan fingerprint density at radius 1 is 1.44 bits per heavy atom. The zero-order chi connectivity index (χ0) is 19.1. The van der Waals surface area contributed by atoms with Gasteiger partial charge < -0.3 is 19.6 Å². The molecule has 0 unspecified atom stereocenters. The third kappa shape index (κ3) is 3.13. The minimum atomic E-state index is -0.987. The van der Waals surface area contributed by atoms with Crippen molar-refractivity contribution >= 4 is 23.3 Å². The van der Waals surface area contributed by atoms with E-state index in [2.05, 4.69) is 15.5 Å². The van der Waals surface area contributed by atoms with Gasteiger partial charge in [0.05, 0.1) is 36.6 Å². The van der Waals surface area contributed by atoms with Gasteiger partial charge in [0.1, 0.15) is 11.9 Å². The number of likely N-dealkylation sites (tertiary alicyclic amines) is 1. The van der Waals surface area contributed by atoms with Crippen LogP contribution in [0.3, 0.4) is 0 Å². The van der Waals surface area contributed by atoms with Crippen LogP contribution in [0.2, 0.25) is 0 Å². The van der Waals surface area contributed by atoms with Crippen LogP contribution in [0, 0.1) is 13.8 Å². The third-order valence-corrected chi connectivity index (χ3v) is 5.03. The number of hydrogen-bond donors (Lipinski definition) is 1. The van der Waals surface area contributed by atoms with Crippen LogP contribution in [0.15, 0.2) is 16.8 Å². The summed E-state index contributed by atoms with van der Waals surface area (Å²) in [6.07, 6.45) is 0.824. The largest absolute Gasteiger partial charge is 0.361 e. The SMILES string of the molecule is Cc1noc(C)c1CN1C(=O)CNc2ncc(C(=O)N3CC[C@@H](F)C3)cc21. The molecule has 0 bridgehead atoms. The molecule has 0 aromatic carbocycles. The molecule has 2 aromatic heterocycles. The maximum absolute atomic E-state index is 13.4. The van der Waals surface area contributed by atoms with E-state index in [-0.39, 0.29) is 31.4 Å². The number of alkyl halides is 1. The molecule has 0 spiro atoms. The van der Waals surface area contributed by atoms with Gasteiger partial charge in [-0.1, -0.05) is 5.16 Å². The first-order valence-corrected chi connectivity index (χ1v) is 8.83. The fraction of sp³-hybridized carbons (Fsp3) is 0.444. The molecule has 2 aliphatic rings. The number of rotatable bonds is 3. The molecule has 9 heteroatoms. The van der Waals surface area contributed by atoms with Crippen molar-refractivity contribution in [1.82, 2.24) is 15.0 Å². The van der Waals surface area contributed by atoms with Gasteiger partial charge in [-0.2, -0.15) is 0 Å². The summed E-state index contributed by atoms with van der Waals surface area (Å²) in [5.74, 6) is 0.758. The van der Waals surface area contributed by atoms with Gasteiger partial charge in [-0.15, -0.1) is 0 Å². The molecule has 2 amide bonds. The number of carbonyl (C=O) groups excluding carboxylic acids is 2. The molecule has 1 atom stereocenters. The van der Waals surface area contributed by atoms with E-state index >= 15 is 0 Å². The molecule has 2 aliphatic heterocycles. The number of fused-ring (bicyclic) bond motifs is 1. The van der Waals surface area contributed by atoms with E-state index in [0.29, 0.717) is 41.5 Å². The minimum absolute atomic E-state index is 0.0931. The average molecular weight is 373 g/mol. The van der Waals surface area contributed by atoms with E-state index in [1.165, 1.54) is 11.1 Å². The van der Waals surface area contributed by atoms with Crippen LogP contribution in [0.25, 0.3) is 0 Å². The zero-order valence-electron chi connectivity index (χ0n) is 15.2. The molecule has 142 valence electrons. The predicted octanol–water partition coefficient (Wildman–Crippen LogP) is 1.83. The van der Waals surface area contributed by atoms with Gasteiger partial charge in [0, 0.05) is 18.3 Å². The molecule has 0 aliphatic carbocycles. The fourth-order valence-corrected chi connectivity index (χ4v) is 3.44. The maximum atomic E-state index is 13.4. The zero-order valence-corrected chi connectivity index (χ0v) is 15.2. The van der Waals surface area contributed by atoms with Crippen molar-refractivity contribution in [3.8, 4) is 0 Å². The Hall–Kier alpha value is -2.97. The predicted molar refractivity (Wildman–Crippen MR) is 95.3 cm³/mol. The van der Waals surface area contributed by atoms with Crippen molar-refractivity contribution in [2.75, 3.05) is 29.9 Å². The Morgan fingerprint density at radius 2 is 2.26 bits per heavy atom. The van der Waals surface area contributed by atoms with Crippen LogP contribution in [0.5, 0.6) is 0 Å². The van der Waals surface area contributed by atoms with E-state index < -0.39 is 6.17 Å². The second-order valence-electron chi connectivity index (χ2n) is 6.87. The molecule has 1 saturated heterocycles. The minimum Gasteiger partial charge on any atom is -0.361 e. The molecular formula is C18H20FN5O3. The van der Waals surface area contributed by atoms with Crippen LogP contribution in [0.1, 0.15) is 33.8 Å². The molecule has 27 heavy (non-hydrogen) atoms. The summed E-state index contributed by atoms with van der Waals surface area (Å²) >= 11 is 0. The molecular weight excluding hydrogens is 353 g/mol. The van der Waals surface area contributed by atoms with Gasteiger partial charge >= 0.3 is 0 Å². The van der Waals surface area contributed by atoms with E-state index in [0.717, 1.165) is 5.56 Å². The maximum Gasteiger partial charge on any atom is 0.255 e. The van der Waals surface area contributed by atoms with Gasteiger partial charge in [-0.3, -0.25) is 9.59 Å². The molecule has 4 rings (SSSR count). The third-order valence-electron chi connectivity index (χ3n) is 5.03. The fourth-order valence-electron chi connectivity index (χ4n) is 3.44. The van der Waals surface area contributed by atoms with Gasteiger partial charge in [0.25, 0.3) is 5.91 Å². The highest BCUT2D eigenvalue weighted by atomic mass is 19.1. The van der Waals surface area contributed by atoms with Crippen LogP contribution in [-0.2, 0) is 11.3 Å². The number of aromatic nitrogens is 2. The molecule has 0 radical (unpaired) electrons. The number of aryl methyl sites for hydroxylation is 2. The smallest absolute Gasteiger partial charge is 0.255 e. The van der Waals surface area contributed by atoms with Crippen molar-refractivity contribution in [1.29, 1.82) is 0 Å². The Bertz CT molecular complexity index is 893.